The number of amides is 1. The van der Waals surface area contributed by atoms with Crippen LogP contribution in [0.25, 0.3) is 10.9 Å². The number of benzene rings is 2. The maximum Gasteiger partial charge on any atom is 0.262 e. The van der Waals surface area contributed by atoms with Crippen LogP contribution >= 0.6 is 23.1 Å². The largest absolute Gasteiger partial charge is 0.325 e. The highest BCUT2D eigenvalue weighted by atomic mass is 32.2. The van der Waals surface area contributed by atoms with E-state index in [1.165, 1.54) is 16.6 Å². The van der Waals surface area contributed by atoms with E-state index in [2.05, 4.69) is 16.4 Å². The number of thioether (sulfide) groups is 1. The van der Waals surface area contributed by atoms with Crippen LogP contribution in [0, 0.1) is 6.92 Å². The summed E-state index contributed by atoms with van der Waals surface area (Å²) < 4.78 is 1.69. The van der Waals surface area contributed by atoms with E-state index < -0.39 is 0 Å². The molecule has 0 aliphatic rings. The van der Waals surface area contributed by atoms with Crippen molar-refractivity contribution >= 4 is 45.6 Å². The summed E-state index contributed by atoms with van der Waals surface area (Å²) in [6.07, 6.45) is 0.751. The van der Waals surface area contributed by atoms with Crippen molar-refractivity contribution in [3.63, 3.8) is 0 Å². The molecule has 7 heteroatoms. The van der Waals surface area contributed by atoms with Crippen LogP contribution < -0.4 is 10.9 Å². The fourth-order valence-electron chi connectivity index (χ4n) is 3.16. The minimum absolute atomic E-state index is 0.0704. The van der Waals surface area contributed by atoms with E-state index in [1.54, 1.807) is 22.0 Å². The van der Waals surface area contributed by atoms with E-state index in [-0.39, 0.29) is 17.2 Å². The van der Waals surface area contributed by atoms with E-state index in [0.717, 1.165) is 17.7 Å². The van der Waals surface area contributed by atoms with Gasteiger partial charge in [0.1, 0.15) is 0 Å². The number of fused-ring (bicyclic) bond motifs is 1. The average molecular weight is 436 g/mol. The van der Waals surface area contributed by atoms with Crippen LogP contribution in [0.5, 0.6) is 0 Å². The highest BCUT2D eigenvalue weighted by molar-refractivity contribution is 7.99. The second-order valence-electron chi connectivity index (χ2n) is 6.85. The third-order valence-electron chi connectivity index (χ3n) is 4.74. The molecular formula is C23H21N3O2S2. The molecule has 1 amide bonds. The Bertz CT molecular complexity index is 1230. The molecule has 0 spiro atoms. The Kier molecular flexibility index (Phi) is 6.30. The van der Waals surface area contributed by atoms with Crippen molar-refractivity contribution in [3.05, 3.63) is 86.8 Å². The average Bonchev–Trinajstić information content (AvgIpc) is 3.27. The molecule has 0 saturated carbocycles. The first-order valence-corrected chi connectivity index (χ1v) is 11.5. The monoisotopic (exact) mass is 435 g/mol. The molecule has 2 aromatic heterocycles. The standard InChI is InChI=1S/C23H21N3O2S2/c1-16-7-2-4-10-19(16)24-21(27)15-30-23-25-20-11-5-3-9-18(20)22(28)26(23)13-12-17-8-6-14-29-17/h2-11,14H,12-13,15H2,1H3,(H,24,27). The van der Waals surface area contributed by atoms with Gasteiger partial charge in [0.2, 0.25) is 5.91 Å². The lowest BCUT2D eigenvalue weighted by molar-refractivity contribution is -0.113. The number of thiophene rings is 1. The Balaban J connectivity index is 1.56. The van der Waals surface area contributed by atoms with Gasteiger partial charge in [0.25, 0.3) is 5.56 Å². The number of nitrogens with one attached hydrogen (secondary N) is 1. The number of rotatable bonds is 7. The van der Waals surface area contributed by atoms with Crippen LogP contribution in [0.4, 0.5) is 5.69 Å². The van der Waals surface area contributed by atoms with Gasteiger partial charge in [0, 0.05) is 17.1 Å². The lowest BCUT2D eigenvalue weighted by Crippen LogP contribution is -2.25. The van der Waals surface area contributed by atoms with Gasteiger partial charge in [-0.15, -0.1) is 11.3 Å². The molecule has 0 aliphatic carbocycles. The number of aromatic nitrogens is 2. The molecule has 0 bridgehead atoms. The van der Waals surface area contributed by atoms with Crippen LogP contribution in [-0.4, -0.2) is 21.2 Å². The van der Waals surface area contributed by atoms with Crippen molar-refractivity contribution in [1.82, 2.24) is 9.55 Å². The summed E-state index contributed by atoms with van der Waals surface area (Å²) >= 11 is 2.96. The van der Waals surface area contributed by atoms with Crippen LogP contribution in [0.3, 0.4) is 0 Å². The summed E-state index contributed by atoms with van der Waals surface area (Å²) in [6.45, 7) is 2.48. The summed E-state index contributed by atoms with van der Waals surface area (Å²) in [5.41, 5.74) is 2.38. The smallest absolute Gasteiger partial charge is 0.262 e. The number of hydrogen-bond acceptors (Lipinski definition) is 5. The molecule has 4 aromatic rings. The SMILES string of the molecule is Cc1ccccc1NC(=O)CSc1nc2ccccc2c(=O)n1CCc1cccs1. The lowest BCUT2D eigenvalue weighted by atomic mass is 10.2. The van der Waals surface area contributed by atoms with Gasteiger partial charge in [0.15, 0.2) is 5.16 Å². The summed E-state index contributed by atoms with van der Waals surface area (Å²) in [5.74, 6) is 0.0551. The van der Waals surface area contributed by atoms with Crippen molar-refractivity contribution < 1.29 is 4.79 Å². The molecule has 0 saturated heterocycles. The molecule has 0 fully saturated rings. The van der Waals surface area contributed by atoms with E-state index >= 15 is 0 Å². The van der Waals surface area contributed by atoms with E-state index in [1.807, 2.05) is 60.8 Å². The molecule has 2 aromatic carbocycles. The van der Waals surface area contributed by atoms with Gasteiger partial charge in [-0.3, -0.25) is 14.2 Å². The Hall–Kier alpha value is -2.90. The number of aryl methyl sites for hydroxylation is 2. The minimum atomic E-state index is -0.124. The molecule has 152 valence electrons. The molecule has 1 N–H and O–H groups in total. The van der Waals surface area contributed by atoms with Crippen LogP contribution in [0.15, 0.2) is 76.0 Å². The molecule has 0 atom stereocenters. The summed E-state index contributed by atoms with van der Waals surface area (Å²) in [7, 11) is 0. The molecule has 0 unspecified atom stereocenters. The summed E-state index contributed by atoms with van der Waals surface area (Å²) in [4.78, 5) is 31.5. The number of anilines is 1. The molecule has 0 radical (unpaired) electrons. The van der Waals surface area contributed by atoms with Crippen molar-refractivity contribution in [1.29, 1.82) is 0 Å². The quantitative estimate of drug-likeness (QED) is 0.336. The van der Waals surface area contributed by atoms with Gasteiger partial charge < -0.3 is 5.32 Å². The predicted molar refractivity (Wildman–Crippen MR) is 125 cm³/mol. The van der Waals surface area contributed by atoms with Crippen LogP contribution in [0.1, 0.15) is 10.4 Å². The van der Waals surface area contributed by atoms with Crippen molar-refractivity contribution in [3.8, 4) is 0 Å². The van der Waals surface area contributed by atoms with E-state index in [4.69, 9.17) is 0 Å². The fourth-order valence-corrected chi connectivity index (χ4v) is 4.68. The number of para-hydroxylation sites is 2. The number of carbonyl (C=O) groups excluding carboxylic acids is 1. The second-order valence-corrected chi connectivity index (χ2v) is 8.82. The van der Waals surface area contributed by atoms with Gasteiger partial charge in [-0.25, -0.2) is 4.98 Å². The highest BCUT2D eigenvalue weighted by Crippen LogP contribution is 2.20. The normalized spacial score (nSPS) is 11.0. The number of nitrogens with zero attached hydrogens (tertiary/aromatic N) is 2. The van der Waals surface area contributed by atoms with E-state index in [9.17, 15) is 9.59 Å². The topological polar surface area (TPSA) is 64.0 Å². The van der Waals surface area contributed by atoms with Crippen molar-refractivity contribution in [2.24, 2.45) is 0 Å². The van der Waals surface area contributed by atoms with Gasteiger partial charge in [0.05, 0.1) is 16.7 Å². The summed E-state index contributed by atoms with van der Waals surface area (Å²) in [6, 6.07) is 19.1. The first-order valence-electron chi connectivity index (χ1n) is 9.62. The lowest BCUT2D eigenvalue weighted by Gasteiger charge is -2.13. The minimum Gasteiger partial charge on any atom is -0.325 e. The summed E-state index contributed by atoms with van der Waals surface area (Å²) in [5, 5.41) is 6.12. The van der Waals surface area contributed by atoms with Gasteiger partial charge >= 0.3 is 0 Å². The van der Waals surface area contributed by atoms with Crippen molar-refractivity contribution in [2.45, 2.75) is 25.0 Å². The Morgan fingerprint density at radius 3 is 2.70 bits per heavy atom. The molecule has 0 aliphatic heterocycles. The van der Waals surface area contributed by atoms with Crippen LogP contribution in [0.2, 0.25) is 0 Å². The first kappa shape index (κ1) is 20.4. The molecule has 2 heterocycles. The molecular weight excluding hydrogens is 414 g/mol. The molecule has 30 heavy (non-hydrogen) atoms. The molecule has 5 nitrogen and oxygen atoms in total. The Morgan fingerprint density at radius 1 is 1.10 bits per heavy atom. The Morgan fingerprint density at radius 2 is 1.90 bits per heavy atom. The maximum absolute atomic E-state index is 13.1. The molecule has 4 rings (SSSR count). The number of hydrogen-bond donors (Lipinski definition) is 1. The van der Waals surface area contributed by atoms with Crippen molar-refractivity contribution in [2.75, 3.05) is 11.1 Å². The van der Waals surface area contributed by atoms with E-state index in [0.29, 0.717) is 22.6 Å². The first-order chi connectivity index (χ1) is 14.6. The van der Waals surface area contributed by atoms with Gasteiger partial charge in [-0.2, -0.15) is 0 Å². The number of carbonyl (C=O) groups is 1. The Labute approximate surface area is 182 Å². The maximum atomic E-state index is 13.1. The predicted octanol–water partition coefficient (Wildman–Crippen LogP) is 4.74. The fraction of sp³-hybridized carbons (Fsp3) is 0.174. The van der Waals surface area contributed by atoms with Gasteiger partial charge in [-0.1, -0.05) is 48.2 Å². The highest BCUT2D eigenvalue weighted by Gasteiger charge is 2.14. The third kappa shape index (κ3) is 4.63. The third-order valence-corrected chi connectivity index (χ3v) is 6.65. The second kappa shape index (κ2) is 9.28. The zero-order valence-corrected chi connectivity index (χ0v) is 18.1. The van der Waals surface area contributed by atoms with Gasteiger partial charge in [-0.05, 0) is 48.6 Å². The zero-order chi connectivity index (χ0) is 20.9. The zero-order valence-electron chi connectivity index (χ0n) is 16.5. The van der Waals surface area contributed by atoms with Crippen LogP contribution in [-0.2, 0) is 17.8 Å².